The van der Waals surface area contributed by atoms with Crippen molar-refractivity contribution in [2.45, 2.75) is 20.8 Å². The first-order chi connectivity index (χ1) is 10.0. The van der Waals surface area contributed by atoms with Gasteiger partial charge in [0.1, 0.15) is 11.6 Å². The van der Waals surface area contributed by atoms with E-state index in [2.05, 4.69) is 36.3 Å². The number of phenolic OH excluding ortho intramolecular Hbond substituents is 1. The van der Waals surface area contributed by atoms with Crippen LogP contribution in [0.2, 0.25) is 0 Å². The topological polar surface area (TPSA) is 45.1 Å². The van der Waals surface area contributed by atoms with Crippen LogP contribution in [0.25, 0.3) is 10.9 Å². The van der Waals surface area contributed by atoms with Crippen LogP contribution in [0.1, 0.15) is 16.7 Å². The minimum absolute atomic E-state index is 0. The Hall–Kier alpha value is -2.26. The summed E-state index contributed by atoms with van der Waals surface area (Å²) in [4.78, 5) is 4.57. The highest BCUT2D eigenvalue weighted by atomic mass is 35.5. The van der Waals surface area contributed by atoms with E-state index < -0.39 is 0 Å². The summed E-state index contributed by atoms with van der Waals surface area (Å²) in [5.74, 6) is 1.06. The molecule has 0 aliphatic carbocycles. The fraction of sp³-hybridized carbons (Fsp3) is 0.167. The highest BCUT2D eigenvalue weighted by molar-refractivity contribution is 5.89. The predicted molar refractivity (Wildman–Crippen MR) is 94.6 cm³/mol. The van der Waals surface area contributed by atoms with Crippen LogP contribution in [0.15, 0.2) is 42.5 Å². The minimum Gasteiger partial charge on any atom is -0.507 e. The number of hydrogen-bond donors (Lipinski definition) is 2. The molecule has 0 aliphatic heterocycles. The van der Waals surface area contributed by atoms with Crippen molar-refractivity contribution in [2.75, 3.05) is 5.32 Å². The van der Waals surface area contributed by atoms with E-state index in [9.17, 15) is 5.11 Å². The zero-order chi connectivity index (χ0) is 15.0. The van der Waals surface area contributed by atoms with Gasteiger partial charge in [-0.15, -0.1) is 12.4 Å². The summed E-state index contributed by atoms with van der Waals surface area (Å²) in [5.41, 5.74) is 5.33. The number of aryl methyl sites for hydroxylation is 3. The summed E-state index contributed by atoms with van der Waals surface area (Å²) in [6.07, 6.45) is 0. The first kappa shape index (κ1) is 16.1. The van der Waals surface area contributed by atoms with Gasteiger partial charge in [0.25, 0.3) is 0 Å². The van der Waals surface area contributed by atoms with E-state index in [4.69, 9.17) is 0 Å². The van der Waals surface area contributed by atoms with Gasteiger partial charge in [-0.3, -0.25) is 0 Å². The van der Waals surface area contributed by atoms with Crippen LogP contribution in [0.5, 0.6) is 5.75 Å². The standard InChI is InChI=1S/C18H18N2O.ClH/c1-11-7-8-14(9-12(11)2)19-17-10-13(3)18-15(20-17)5-4-6-16(18)21;/h4-10,21H,1-3H3,(H,19,20);1H. The lowest BCUT2D eigenvalue weighted by Crippen LogP contribution is -1.96. The molecule has 0 radical (unpaired) electrons. The van der Waals surface area contributed by atoms with E-state index in [1.165, 1.54) is 11.1 Å². The van der Waals surface area contributed by atoms with Crippen molar-refractivity contribution >= 4 is 34.8 Å². The van der Waals surface area contributed by atoms with Crippen LogP contribution >= 0.6 is 12.4 Å². The molecule has 0 saturated heterocycles. The second-order valence-electron chi connectivity index (χ2n) is 5.42. The van der Waals surface area contributed by atoms with Crippen molar-refractivity contribution in [2.24, 2.45) is 0 Å². The SMILES string of the molecule is Cc1ccc(Nc2cc(C)c3c(O)cccc3n2)cc1C.Cl. The molecule has 1 aromatic heterocycles. The van der Waals surface area contributed by atoms with Gasteiger partial charge in [-0.05, 0) is 67.8 Å². The van der Waals surface area contributed by atoms with Crippen molar-refractivity contribution < 1.29 is 5.11 Å². The molecule has 22 heavy (non-hydrogen) atoms. The van der Waals surface area contributed by atoms with Gasteiger partial charge in [0, 0.05) is 11.1 Å². The average molecular weight is 315 g/mol. The maximum Gasteiger partial charge on any atom is 0.131 e. The van der Waals surface area contributed by atoms with Crippen LogP contribution in [-0.2, 0) is 0 Å². The number of benzene rings is 2. The van der Waals surface area contributed by atoms with Gasteiger partial charge < -0.3 is 10.4 Å². The molecule has 1 heterocycles. The van der Waals surface area contributed by atoms with Crippen molar-refractivity contribution in [3.8, 4) is 5.75 Å². The molecule has 3 rings (SSSR count). The molecular formula is C18H19ClN2O. The third kappa shape index (κ3) is 3.00. The second-order valence-corrected chi connectivity index (χ2v) is 5.42. The molecule has 3 aromatic rings. The number of phenols is 1. The summed E-state index contributed by atoms with van der Waals surface area (Å²) in [6, 6.07) is 13.6. The van der Waals surface area contributed by atoms with Gasteiger partial charge in [-0.2, -0.15) is 0 Å². The number of rotatable bonds is 2. The van der Waals surface area contributed by atoms with Gasteiger partial charge in [-0.25, -0.2) is 4.98 Å². The Morgan fingerprint density at radius 2 is 1.68 bits per heavy atom. The lowest BCUT2D eigenvalue weighted by molar-refractivity contribution is 0.481. The molecule has 2 N–H and O–H groups in total. The highest BCUT2D eigenvalue weighted by Crippen LogP contribution is 2.29. The Morgan fingerprint density at radius 3 is 2.41 bits per heavy atom. The number of fused-ring (bicyclic) bond motifs is 1. The van der Waals surface area contributed by atoms with Crippen LogP contribution < -0.4 is 5.32 Å². The smallest absolute Gasteiger partial charge is 0.131 e. The van der Waals surface area contributed by atoms with Crippen molar-refractivity contribution in [3.63, 3.8) is 0 Å². The summed E-state index contributed by atoms with van der Waals surface area (Å²) in [5, 5.41) is 14.1. The molecular weight excluding hydrogens is 296 g/mol. The number of anilines is 2. The first-order valence-corrected chi connectivity index (χ1v) is 6.98. The van der Waals surface area contributed by atoms with E-state index in [0.717, 1.165) is 28.0 Å². The molecule has 0 aliphatic rings. The number of hydrogen-bond acceptors (Lipinski definition) is 3. The Balaban J connectivity index is 0.00000176. The summed E-state index contributed by atoms with van der Waals surface area (Å²) in [7, 11) is 0. The zero-order valence-corrected chi connectivity index (χ0v) is 13.7. The Labute approximate surface area is 136 Å². The quantitative estimate of drug-likeness (QED) is 0.697. The maximum absolute atomic E-state index is 9.94. The number of aromatic nitrogens is 1. The molecule has 0 saturated carbocycles. The molecule has 3 nitrogen and oxygen atoms in total. The van der Waals surface area contributed by atoms with Crippen molar-refractivity contribution in [3.05, 3.63) is 59.2 Å². The average Bonchev–Trinajstić information content (AvgIpc) is 2.42. The summed E-state index contributed by atoms with van der Waals surface area (Å²) < 4.78 is 0. The molecule has 4 heteroatoms. The molecule has 0 spiro atoms. The lowest BCUT2D eigenvalue weighted by atomic mass is 10.1. The fourth-order valence-corrected chi connectivity index (χ4v) is 2.50. The Morgan fingerprint density at radius 1 is 0.909 bits per heavy atom. The van der Waals surface area contributed by atoms with Crippen LogP contribution in [-0.4, -0.2) is 10.1 Å². The lowest BCUT2D eigenvalue weighted by Gasteiger charge is -2.11. The third-order valence-electron chi connectivity index (χ3n) is 3.79. The van der Waals surface area contributed by atoms with Gasteiger partial charge in [0.05, 0.1) is 5.52 Å². The molecule has 0 fully saturated rings. The number of nitrogens with one attached hydrogen (secondary N) is 1. The predicted octanol–water partition coefficient (Wildman–Crippen LogP) is 5.03. The molecule has 0 amide bonds. The minimum atomic E-state index is 0. The Kier molecular flexibility index (Phi) is 4.57. The van der Waals surface area contributed by atoms with E-state index >= 15 is 0 Å². The zero-order valence-electron chi connectivity index (χ0n) is 12.8. The van der Waals surface area contributed by atoms with Crippen molar-refractivity contribution in [1.82, 2.24) is 4.98 Å². The number of aromatic hydroxyl groups is 1. The summed E-state index contributed by atoms with van der Waals surface area (Å²) in [6.45, 7) is 6.17. The Bertz CT molecular complexity index is 831. The normalized spacial score (nSPS) is 10.3. The first-order valence-electron chi connectivity index (χ1n) is 6.98. The number of nitrogens with zero attached hydrogens (tertiary/aromatic N) is 1. The van der Waals surface area contributed by atoms with E-state index in [1.807, 2.05) is 31.2 Å². The van der Waals surface area contributed by atoms with Gasteiger partial charge >= 0.3 is 0 Å². The molecule has 0 atom stereocenters. The maximum atomic E-state index is 9.94. The largest absolute Gasteiger partial charge is 0.507 e. The molecule has 0 bridgehead atoms. The third-order valence-corrected chi connectivity index (χ3v) is 3.79. The van der Waals surface area contributed by atoms with Gasteiger partial charge in [0.15, 0.2) is 0 Å². The van der Waals surface area contributed by atoms with Crippen LogP contribution in [0, 0.1) is 20.8 Å². The molecule has 2 aromatic carbocycles. The van der Waals surface area contributed by atoms with Crippen LogP contribution in [0.3, 0.4) is 0 Å². The van der Waals surface area contributed by atoms with Crippen molar-refractivity contribution in [1.29, 1.82) is 0 Å². The monoisotopic (exact) mass is 314 g/mol. The molecule has 0 unspecified atom stereocenters. The fourth-order valence-electron chi connectivity index (χ4n) is 2.50. The summed E-state index contributed by atoms with van der Waals surface area (Å²) >= 11 is 0. The second kappa shape index (κ2) is 6.24. The van der Waals surface area contributed by atoms with E-state index in [1.54, 1.807) is 6.07 Å². The number of halogens is 1. The highest BCUT2D eigenvalue weighted by Gasteiger charge is 2.07. The molecule has 114 valence electrons. The van der Waals surface area contributed by atoms with Crippen LogP contribution in [0.4, 0.5) is 11.5 Å². The number of pyridine rings is 1. The van der Waals surface area contributed by atoms with E-state index in [-0.39, 0.29) is 18.2 Å². The van der Waals surface area contributed by atoms with Gasteiger partial charge in [-0.1, -0.05) is 12.1 Å². The van der Waals surface area contributed by atoms with Gasteiger partial charge in [0.2, 0.25) is 0 Å². The van der Waals surface area contributed by atoms with E-state index in [0.29, 0.717) is 0 Å².